The standard InChI is InChI=1S/C14H17NO4/c1-2-19-14(18)12-8-11(13(16)17)15(12)9-10-6-4-3-5-7-10/h3-7,11-12H,2,8-9H2,1H3,(H,16,17). The molecule has 1 fully saturated rings. The number of carbonyl (C=O) groups excluding carboxylic acids is 1. The average molecular weight is 263 g/mol. The topological polar surface area (TPSA) is 66.8 Å². The van der Waals surface area contributed by atoms with Gasteiger partial charge in [0.05, 0.1) is 6.61 Å². The van der Waals surface area contributed by atoms with Crippen LogP contribution in [0, 0.1) is 0 Å². The molecule has 0 aromatic heterocycles. The highest BCUT2D eigenvalue weighted by Crippen LogP contribution is 2.29. The third-order valence-electron chi connectivity index (χ3n) is 3.30. The lowest BCUT2D eigenvalue weighted by Gasteiger charge is -2.44. The molecule has 5 heteroatoms. The van der Waals surface area contributed by atoms with Crippen molar-refractivity contribution in [2.24, 2.45) is 0 Å². The van der Waals surface area contributed by atoms with Gasteiger partial charge >= 0.3 is 11.9 Å². The lowest BCUT2D eigenvalue weighted by molar-refractivity contribution is -0.167. The largest absolute Gasteiger partial charge is 0.480 e. The highest BCUT2D eigenvalue weighted by atomic mass is 16.5. The summed E-state index contributed by atoms with van der Waals surface area (Å²) in [5.74, 6) is -1.23. The van der Waals surface area contributed by atoms with Gasteiger partial charge in [-0.05, 0) is 18.9 Å². The normalized spacial score (nSPS) is 22.6. The van der Waals surface area contributed by atoms with Crippen molar-refractivity contribution in [1.29, 1.82) is 0 Å². The van der Waals surface area contributed by atoms with Crippen LogP contribution in [0.25, 0.3) is 0 Å². The molecule has 1 aliphatic heterocycles. The molecule has 1 heterocycles. The van der Waals surface area contributed by atoms with Crippen LogP contribution >= 0.6 is 0 Å². The molecule has 1 N–H and O–H groups in total. The fourth-order valence-electron chi connectivity index (χ4n) is 2.29. The summed E-state index contributed by atoms with van der Waals surface area (Å²) < 4.78 is 4.97. The summed E-state index contributed by atoms with van der Waals surface area (Å²) in [5.41, 5.74) is 0.989. The number of ether oxygens (including phenoxy) is 1. The molecule has 2 unspecified atom stereocenters. The third-order valence-corrected chi connectivity index (χ3v) is 3.30. The smallest absolute Gasteiger partial charge is 0.323 e. The summed E-state index contributed by atoms with van der Waals surface area (Å²) in [6.45, 7) is 2.50. The van der Waals surface area contributed by atoms with Crippen LogP contribution in [-0.4, -0.2) is 40.6 Å². The number of carbonyl (C=O) groups is 2. The van der Waals surface area contributed by atoms with E-state index in [1.165, 1.54) is 0 Å². The van der Waals surface area contributed by atoms with Crippen LogP contribution in [0.4, 0.5) is 0 Å². The number of carboxylic acids is 1. The Morgan fingerprint density at radius 1 is 1.32 bits per heavy atom. The van der Waals surface area contributed by atoms with Crippen molar-refractivity contribution in [3.8, 4) is 0 Å². The molecule has 0 aliphatic carbocycles. The molecule has 102 valence electrons. The Morgan fingerprint density at radius 2 is 2.00 bits per heavy atom. The minimum Gasteiger partial charge on any atom is -0.480 e. The summed E-state index contributed by atoms with van der Waals surface area (Å²) >= 11 is 0. The molecule has 0 saturated carbocycles. The molecule has 2 atom stereocenters. The minimum absolute atomic E-state index is 0.312. The van der Waals surface area contributed by atoms with Crippen molar-refractivity contribution in [2.45, 2.75) is 32.0 Å². The molecule has 1 aromatic rings. The Labute approximate surface area is 111 Å². The monoisotopic (exact) mass is 263 g/mol. The van der Waals surface area contributed by atoms with Gasteiger partial charge in [-0.2, -0.15) is 0 Å². The maximum absolute atomic E-state index is 11.7. The molecule has 0 bridgehead atoms. The number of hydrogen-bond acceptors (Lipinski definition) is 4. The van der Waals surface area contributed by atoms with E-state index in [9.17, 15) is 9.59 Å². The van der Waals surface area contributed by atoms with Crippen molar-refractivity contribution >= 4 is 11.9 Å². The molecular weight excluding hydrogens is 246 g/mol. The van der Waals surface area contributed by atoms with E-state index in [0.717, 1.165) is 5.56 Å². The van der Waals surface area contributed by atoms with Gasteiger partial charge in [-0.3, -0.25) is 14.5 Å². The SMILES string of the molecule is CCOC(=O)C1CC(C(=O)O)N1Cc1ccccc1. The first-order valence-corrected chi connectivity index (χ1v) is 6.32. The first-order valence-electron chi connectivity index (χ1n) is 6.32. The van der Waals surface area contributed by atoms with Gasteiger partial charge in [0.2, 0.25) is 0 Å². The Hall–Kier alpha value is -1.88. The van der Waals surface area contributed by atoms with Gasteiger partial charge in [-0.15, -0.1) is 0 Å². The van der Waals surface area contributed by atoms with Gasteiger partial charge in [-0.1, -0.05) is 30.3 Å². The minimum atomic E-state index is -0.892. The van der Waals surface area contributed by atoms with E-state index in [2.05, 4.69) is 0 Å². The lowest BCUT2D eigenvalue weighted by atomic mass is 9.92. The zero-order valence-corrected chi connectivity index (χ0v) is 10.8. The molecule has 19 heavy (non-hydrogen) atoms. The van der Waals surface area contributed by atoms with E-state index in [4.69, 9.17) is 9.84 Å². The second-order valence-electron chi connectivity index (χ2n) is 4.52. The Balaban J connectivity index is 2.07. The van der Waals surface area contributed by atoms with Crippen LogP contribution < -0.4 is 0 Å². The number of aliphatic carboxylic acids is 1. The second kappa shape index (κ2) is 5.84. The van der Waals surface area contributed by atoms with Gasteiger partial charge < -0.3 is 9.84 Å². The Morgan fingerprint density at radius 3 is 2.58 bits per heavy atom. The zero-order valence-electron chi connectivity index (χ0n) is 10.8. The van der Waals surface area contributed by atoms with Crippen molar-refractivity contribution in [1.82, 2.24) is 4.90 Å². The van der Waals surface area contributed by atoms with Crippen LogP contribution in [0.5, 0.6) is 0 Å². The van der Waals surface area contributed by atoms with Crippen molar-refractivity contribution in [3.05, 3.63) is 35.9 Å². The average Bonchev–Trinajstić information content (AvgIpc) is 2.36. The van der Waals surface area contributed by atoms with E-state index < -0.39 is 18.1 Å². The Bertz CT molecular complexity index is 460. The van der Waals surface area contributed by atoms with Crippen molar-refractivity contribution in [3.63, 3.8) is 0 Å². The maximum Gasteiger partial charge on any atom is 0.323 e. The molecular formula is C14H17NO4. The summed E-state index contributed by atoms with van der Waals surface area (Å²) in [6, 6.07) is 8.47. The Kier molecular flexibility index (Phi) is 4.16. The quantitative estimate of drug-likeness (QED) is 0.810. The summed E-state index contributed by atoms with van der Waals surface area (Å²) in [6.07, 6.45) is 0.320. The molecule has 1 aliphatic rings. The maximum atomic E-state index is 11.7. The molecule has 5 nitrogen and oxygen atoms in total. The first kappa shape index (κ1) is 13.5. The molecule has 0 amide bonds. The second-order valence-corrected chi connectivity index (χ2v) is 4.52. The van der Waals surface area contributed by atoms with Gasteiger partial charge in [0.1, 0.15) is 12.1 Å². The number of hydrogen-bond donors (Lipinski definition) is 1. The summed E-state index contributed by atoms with van der Waals surface area (Å²) in [5, 5.41) is 9.12. The van der Waals surface area contributed by atoms with Gasteiger partial charge in [-0.25, -0.2) is 0 Å². The van der Waals surface area contributed by atoms with E-state index in [1.54, 1.807) is 11.8 Å². The number of rotatable bonds is 5. The number of nitrogens with zero attached hydrogens (tertiary/aromatic N) is 1. The van der Waals surface area contributed by atoms with Gasteiger partial charge in [0, 0.05) is 6.54 Å². The molecule has 0 spiro atoms. The van der Waals surface area contributed by atoms with Gasteiger partial charge in [0.25, 0.3) is 0 Å². The molecule has 1 saturated heterocycles. The summed E-state index contributed by atoms with van der Waals surface area (Å²) in [7, 11) is 0. The predicted octanol–water partition coefficient (Wildman–Crippen LogP) is 1.28. The highest BCUT2D eigenvalue weighted by molar-refractivity contribution is 5.83. The van der Waals surface area contributed by atoms with Crippen LogP contribution in [0.1, 0.15) is 18.9 Å². The molecule has 1 aromatic carbocycles. The number of benzene rings is 1. The van der Waals surface area contributed by atoms with E-state index >= 15 is 0 Å². The van der Waals surface area contributed by atoms with Crippen LogP contribution in [0.2, 0.25) is 0 Å². The number of likely N-dealkylation sites (tertiary alicyclic amines) is 1. The van der Waals surface area contributed by atoms with Crippen molar-refractivity contribution < 1.29 is 19.4 Å². The number of carboxylic acid groups (broad SMARTS) is 1. The summed E-state index contributed by atoms with van der Waals surface area (Å²) in [4.78, 5) is 24.5. The number of esters is 1. The predicted molar refractivity (Wildman–Crippen MR) is 68.4 cm³/mol. The van der Waals surface area contributed by atoms with E-state index in [-0.39, 0.29) is 5.97 Å². The lowest BCUT2D eigenvalue weighted by Crippen LogP contribution is -2.62. The zero-order chi connectivity index (χ0) is 13.8. The van der Waals surface area contributed by atoms with E-state index in [0.29, 0.717) is 19.6 Å². The highest BCUT2D eigenvalue weighted by Gasteiger charge is 2.47. The molecule has 0 radical (unpaired) electrons. The third kappa shape index (κ3) is 2.93. The fourth-order valence-corrected chi connectivity index (χ4v) is 2.29. The molecule has 2 rings (SSSR count). The van der Waals surface area contributed by atoms with Gasteiger partial charge in [0.15, 0.2) is 0 Å². The first-order chi connectivity index (χ1) is 9.13. The van der Waals surface area contributed by atoms with Crippen LogP contribution in [-0.2, 0) is 20.9 Å². The van der Waals surface area contributed by atoms with E-state index in [1.807, 2.05) is 30.3 Å². The van der Waals surface area contributed by atoms with Crippen LogP contribution in [0.3, 0.4) is 0 Å². The van der Waals surface area contributed by atoms with Crippen LogP contribution in [0.15, 0.2) is 30.3 Å². The fraction of sp³-hybridized carbons (Fsp3) is 0.429. The van der Waals surface area contributed by atoms with Crippen molar-refractivity contribution in [2.75, 3.05) is 6.61 Å².